The van der Waals surface area contributed by atoms with Crippen molar-refractivity contribution in [2.75, 3.05) is 19.6 Å². The quantitative estimate of drug-likeness (QED) is 0.532. The summed E-state index contributed by atoms with van der Waals surface area (Å²) < 4.78 is 17.8. The predicted molar refractivity (Wildman–Crippen MR) is 129 cm³/mol. The minimum atomic E-state index is -1.73. The van der Waals surface area contributed by atoms with Crippen LogP contribution in [0.4, 0.5) is 4.39 Å². The molecule has 3 aromatic rings. The van der Waals surface area contributed by atoms with Gasteiger partial charge in [0.2, 0.25) is 0 Å². The first-order chi connectivity index (χ1) is 15.9. The summed E-state index contributed by atoms with van der Waals surface area (Å²) in [6.07, 6.45) is 7.77. The third-order valence-electron chi connectivity index (χ3n) is 7.16. The van der Waals surface area contributed by atoms with Crippen LogP contribution in [0.3, 0.4) is 0 Å². The molecule has 33 heavy (non-hydrogen) atoms. The molecular weight excluding hydrogens is 415 g/mol. The molecule has 0 aliphatic carbocycles. The Bertz CT molecular complexity index is 1160. The topological polar surface area (TPSA) is 51.0 Å². The number of pyridine rings is 1. The molecule has 174 valence electrons. The van der Waals surface area contributed by atoms with E-state index in [9.17, 15) is 4.79 Å². The molecule has 1 fully saturated rings. The predicted octanol–water partition coefficient (Wildman–Crippen LogP) is 5.01. The van der Waals surface area contributed by atoms with E-state index in [0.717, 1.165) is 47.4 Å². The lowest BCUT2D eigenvalue weighted by Crippen LogP contribution is -2.47. The Kier molecular flexibility index (Phi) is 6.04. The van der Waals surface area contributed by atoms with Crippen molar-refractivity contribution in [3.63, 3.8) is 0 Å². The van der Waals surface area contributed by atoms with E-state index in [1.54, 1.807) is 6.20 Å². The van der Waals surface area contributed by atoms with Crippen molar-refractivity contribution in [3.05, 3.63) is 48.2 Å². The number of piperidine rings is 1. The number of benzene rings is 1. The van der Waals surface area contributed by atoms with E-state index in [4.69, 9.17) is 0 Å². The summed E-state index contributed by atoms with van der Waals surface area (Å²) in [4.78, 5) is 24.3. The monoisotopic (exact) mass is 448 g/mol. The number of fused-ring (bicyclic) bond motifs is 2. The van der Waals surface area contributed by atoms with Gasteiger partial charge in [0, 0.05) is 68.3 Å². The van der Waals surface area contributed by atoms with Gasteiger partial charge in [0.1, 0.15) is 5.82 Å². The molecule has 6 heteroatoms. The lowest BCUT2D eigenvalue weighted by molar-refractivity contribution is -0.133. The largest absolute Gasteiger partial charge is 0.328 e. The minimum absolute atomic E-state index is 0.0446. The molecule has 0 unspecified atom stereocenters. The zero-order valence-corrected chi connectivity index (χ0v) is 19.7. The first-order valence-corrected chi connectivity index (χ1v) is 12.3. The number of imidazole rings is 1. The van der Waals surface area contributed by atoms with Crippen LogP contribution >= 0.6 is 0 Å². The van der Waals surface area contributed by atoms with Crippen molar-refractivity contribution in [1.29, 1.82) is 0 Å². The highest BCUT2D eigenvalue weighted by molar-refractivity contribution is 5.91. The first kappa shape index (κ1) is 22.2. The maximum atomic E-state index is 15.5. The van der Waals surface area contributed by atoms with Gasteiger partial charge in [-0.15, -0.1) is 0 Å². The Hall–Kier alpha value is -2.60. The zero-order chi connectivity index (χ0) is 23.0. The van der Waals surface area contributed by atoms with Gasteiger partial charge in [-0.2, -0.15) is 0 Å². The van der Waals surface area contributed by atoms with Crippen molar-refractivity contribution < 1.29 is 9.18 Å². The fraction of sp³-hybridized carbons (Fsp3) is 0.519. The third-order valence-corrected chi connectivity index (χ3v) is 7.16. The van der Waals surface area contributed by atoms with Gasteiger partial charge in [-0.25, -0.2) is 9.37 Å². The molecule has 0 saturated carbocycles. The highest BCUT2D eigenvalue weighted by Gasteiger charge is 2.41. The third kappa shape index (κ3) is 4.58. The number of nitrogens with zero attached hydrogens (tertiary/aromatic N) is 4. The number of rotatable bonds is 6. The molecule has 1 aromatic carbocycles. The molecule has 0 atom stereocenters. The number of alkyl halides is 1. The van der Waals surface area contributed by atoms with Gasteiger partial charge in [-0.05, 0) is 36.3 Å². The first-order valence-electron chi connectivity index (χ1n) is 12.3. The molecule has 2 aromatic heterocycles. The standard InChI is InChI=1S/C27H33FN4O/c1-19(2)18-31-11-8-27(28,9-12-31)25(33)15-23-14-22-13-20(6-7-21(22)16-29-23)24-17-30-26-5-3-4-10-32(24)26/h6-7,13-14,16-17,19H,3-5,8-12,15,18H2,1-2H3. The van der Waals surface area contributed by atoms with Crippen LogP contribution in [-0.4, -0.2) is 50.5 Å². The van der Waals surface area contributed by atoms with E-state index < -0.39 is 5.67 Å². The number of hydrogen-bond donors (Lipinski definition) is 0. The SMILES string of the molecule is CC(C)CN1CCC(F)(C(=O)Cc2cc3cc(-c4cnc5n4CCCC5)ccc3cn2)CC1. The number of Topliss-reactive ketones (excluding diaryl/α,β-unsaturated/α-hetero) is 1. The Labute approximate surface area is 195 Å². The van der Waals surface area contributed by atoms with Gasteiger partial charge < -0.3 is 9.47 Å². The lowest BCUT2D eigenvalue weighted by atomic mass is 9.86. The molecule has 0 spiro atoms. The number of carbonyl (C=O) groups is 1. The van der Waals surface area contributed by atoms with E-state index in [-0.39, 0.29) is 25.0 Å². The summed E-state index contributed by atoms with van der Waals surface area (Å²) in [6.45, 7) is 7.59. The van der Waals surface area contributed by atoms with Crippen LogP contribution in [0.1, 0.15) is 51.0 Å². The summed E-state index contributed by atoms with van der Waals surface area (Å²) in [5.41, 5.74) is 1.16. The number of carbonyl (C=O) groups excluding carboxylic acids is 1. The van der Waals surface area contributed by atoms with Crippen molar-refractivity contribution in [2.45, 2.75) is 64.6 Å². The van der Waals surface area contributed by atoms with Crippen LogP contribution < -0.4 is 0 Å². The van der Waals surface area contributed by atoms with E-state index in [2.05, 4.69) is 51.5 Å². The van der Waals surface area contributed by atoms with Gasteiger partial charge in [-0.1, -0.05) is 26.0 Å². The number of likely N-dealkylation sites (tertiary alicyclic amines) is 1. The van der Waals surface area contributed by atoms with Crippen LogP contribution in [0.2, 0.25) is 0 Å². The number of halogens is 1. The molecule has 1 saturated heterocycles. The van der Waals surface area contributed by atoms with Crippen molar-refractivity contribution in [1.82, 2.24) is 19.4 Å². The summed E-state index contributed by atoms with van der Waals surface area (Å²) in [6, 6.07) is 8.25. The summed E-state index contributed by atoms with van der Waals surface area (Å²) in [7, 11) is 0. The Morgan fingerprint density at radius 3 is 2.67 bits per heavy atom. The number of hydrogen-bond acceptors (Lipinski definition) is 4. The maximum absolute atomic E-state index is 15.5. The van der Waals surface area contributed by atoms with Crippen molar-refractivity contribution in [2.24, 2.45) is 5.92 Å². The molecule has 0 N–H and O–H groups in total. The number of aromatic nitrogens is 3. The molecular formula is C27H33FN4O. The average molecular weight is 449 g/mol. The van der Waals surface area contributed by atoms with Crippen molar-refractivity contribution in [3.8, 4) is 11.3 Å². The Balaban J connectivity index is 1.33. The fourth-order valence-corrected chi connectivity index (χ4v) is 5.30. The zero-order valence-electron chi connectivity index (χ0n) is 19.7. The number of ketones is 1. The molecule has 5 nitrogen and oxygen atoms in total. The highest BCUT2D eigenvalue weighted by atomic mass is 19.1. The van der Waals surface area contributed by atoms with Crippen LogP contribution in [0, 0.1) is 5.92 Å². The van der Waals surface area contributed by atoms with Crippen LogP contribution in [-0.2, 0) is 24.2 Å². The second kappa shape index (κ2) is 8.98. The second-order valence-corrected chi connectivity index (χ2v) is 10.2. The summed E-state index contributed by atoms with van der Waals surface area (Å²) >= 11 is 0. The molecule has 2 aliphatic heterocycles. The van der Waals surface area contributed by atoms with Gasteiger partial charge in [0.05, 0.1) is 18.3 Å². The summed E-state index contributed by atoms with van der Waals surface area (Å²) in [5, 5.41) is 2.04. The molecule has 0 amide bonds. The van der Waals surface area contributed by atoms with E-state index in [1.807, 2.05) is 12.3 Å². The molecule has 5 rings (SSSR count). The Morgan fingerprint density at radius 2 is 1.88 bits per heavy atom. The molecule has 0 bridgehead atoms. The van der Waals surface area contributed by atoms with Gasteiger partial charge in [0.15, 0.2) is 11.5 Å². The van der Waals surface area contributed by atoms with Crippen LogP contribution in [0.5, 0.6) is 0 Å². The maximum Gasteiger partial charge on any atom is 0.175 e. The van der Waals surface area contributed by atoms with Crippen LogP contribution in [0.25, 0.3) is 22.0 Å². The Morgan fingerprint density at radius 1 is 1.06 bits per heavy atom. The van der Waals surface area contributed by atoms with E-state index in [1.165, 1.54) is 12.8 Å². The molecule has 0 radical (unpaired) electrons. The van der Waals surface area contributed by atoms with E-state index in [0.29, 0.717) is 24.7 Å². The van der Waals surface area contributed by atoms with Crippen molar-refractivity contribution >= 4 is 16.6 Å². The van der Waals surface area contributed by atoms with Gasteiger partial charge >= 0.3 is 0 Å². The normalized spacial score (nSPS) is 18.5. The number of aryl methyl sites for hydroxylation is 1. The smallest absolute Gasteiger partial charge is 0.175 e. The lowest BCUT2D eigenvalue weighted by Gasteiger charge is -2.36. The highest BCUT2D eigenvalue weighted by Crippen LogP contribution is 2.31. The van der Waals surface area contributed by atoms with Gasteiger partial charge in [-0.3, -0.25) is 9.78 Å². The van der Waals surface area contributed by atoms with Gasteiger partial charge in [0.25, 0.3) is 0 Å². The molecule has 4 heterocycles. The molecule has 2 aliphatic rings. The minimum Gasteiger partial charge on any atom is -0.328 e. The van der Waals surface area contributed by atoms with Crippen LogP contribution in [0.15, 0.2) is 36.7 Å². The van der Waals surface area contributed by atoms with E-state index >= 15 is 4.39 Å². The summed E-state index contributed by atoms with van der Waals surface area (Å²) in [5.74, 6) is 1.37. The fourth-order valence-electron chi connectivity index (χ4n) is 5.30. The average Bonchev–Trinajstić information content (AvgIpc) is 3.24. The second-order valence-electron chi connectivity index (χ2n) is 10.2.